The Morgan fingerprint density at radius 2 is 1.85 bits per heavy atom. The van der Waals surface area contributed by atoms with Crippen LogP contribution in [0.15, 0.2) is 42.5 Å². The Labute approximate surface area is 197 Å². The molecule has 1 unspecified atom stereocenters. The van der Waals surface area contributed by atoms with Crippen molar-refractivity contribution in [2.45, 2.75) is 50.8 Å². The number of benzene rings is 2. The maximum absolute atomic E-state index is 13.1. The molecule has 0 saturated carbocycles. The van der Waals surface area contributed by atoms with E-state index in [1.54, 1.807) is 0 Å². The van der Waals surface area contributed by atoms with Crippen molar-refractivity contribution in [1.82, 2.24) is 15.1 Å². The minimum Gasteiger partial charge on any atom is -0.390 e. The maximum atomic E-state index is 13.1. The second-order valence-corrected chi connectivity index (χ2v) is 9.80. The number of anilines is 1. The quantitative estimate of drug-likeness (QED) is 0.634. The Morgan fingerprint density at radius 1 is 1.00 bits per heavy atom. The van der Waals surface area contributed by atoms with E-state index in [0.29, 0.717) is 25.7 Å². The molecule has 2 atom stereocenters. The van der Waals surface area contributed by atoms with E-state index in [-0.39, 0.29) is 5.91 Å². The molecule has 176 valence electrons. The van der Waals surface area contributed by atoms with Crippen LogP contribution in [0.3, 0.4) is 0 Å². The van der Waals surface area contributed by atoms with Gasteiger partial charge in [0.2, 0.25) is 0 Å². The number of aliphatic hydroxyl groups is 1. The molecule has 3 aliphatic rings. The summed E-state index contributed by atoms with van der Waals surface area (Å²) >= 11 is 0. The van der Waals surface area contributed by atoms with Crippen LogP contribution in [0.4, 0.5) is 5.69 Å². The van der Waals surface area contributed by atoms with Crippen LogP contribution in [0.2, 0.25) is 0 Å². The van der Waals surface area contributed by atoms with Crippen molar-refractivity contribution >= 4 is 11.6 Å². The molecular weight excluding hydrogens is 412 g/mol. The predicted octanol–water partition coefficient (Wildman–Crippen LogP) is 2.66. The van der Waals surface area contributed by atoms with E-state index in [0.717, 1.165) is 62.3 Å². The maximum Gasteiger partial charge on any atom is 0.254 e. The number of nitrogens with one attached hydrogen (secondary N) is 2. The molecule has 3 aliphatic heterocycles. The lowest BCUT2D eigenvalue weighted by Crippen LogP contribution is -2.46. The third-order valence-corrected chi connectivity index (χ3v) is 7.33. The molecule has 1 saturated heterocycles. The van der Waals surface area contributed by atoms with Crippen LogP contribution in [-0.4, -0.2) is 72.2 Å². The fourth-order valence-electron chi connectivity index (χ4n) is 5.52. The van der Waals surface area contributed by atoms with Crippen LogP contribution < -0.4 is 10.6 Å². The van der Waals surface area contributed by atoms with Crippen molar-refractivity contribution in [3.63, 3.8) is 0 Å². The van der Waals surface area contributed by atoms with E-state index in [1.807, 2.05) is 17.0 Å². The van der Waals surface area contributed by atoms with Crippen LogP contribution in [0.1, 0.15) is 46.3 Å². The van der Waals surface area contributed by atoms with Crippen molar-refractivity contribution in [2.24, 2.45) is 0 Å². The highest BCUT2D eigenvalue weighted by Crippen LogP contribution is 2.25. The molecule has 2 aromatic carbocycles. The number of aliphatic hydroxyl groups excluding tert-OH is 1. The van der Waals surface area contributed by atoms with Gasteiger partial charge in [-0.15, -0.1) is 0 Å². The van der Waals surface area contributed by atoms with E-state index >= 15 is 0 Å². The van der Waals surface area contributed by atoms with E-state index in [2.05, 4.69) is 45.9 Å². The summed E-state index contributed by atoms with van der Waals surface area (Å²) in [6.45, 7) is 5.65. The first-order chi connectivity index (χ1) is 16.2. The van der Waals surface area contributed by atoms with Gasteiger partial charge in [-0.25, -0.2) is 0 Å². The molecule has 1 amide bonds. The molecule has 2 aromatic rings. The summed E-state index contributed by atoms with van der Waals surface area (Å²) in [5.74, 6) is 0.0458. The van der Waals surface area contributed by atoms with Gasteiger partial charge >= 0.3 is 0 Å². The monoisotopic (exact) mass is 448 g/mol. The summed E-state index contributed by atoms with van der Waals surface area (Å²) < 4.78 is 0. The molecule has 6 heteroatoms. The van der Waals surface area contributed by atoms with Gasteiger partial charge in [-0.1, -0.05) is 24.3 Å². The highest BCUT2D eigenvalue weighted by molar-refractivity contribution is 5.97. The summed E-state index contributed by atoms with van der Waals surface area (Å²) in [5, 5.41) is 17.9. The third kappa shape index (κ3) is 5.40. The number of nitrogens with zero attached hydrogens (tertiary/aromatic N) is 2. The second kappa shape index (κ2) is 10.2. The Kier molecular flexibility index (Phi) is 6.95. The van der Waals surface area contributed by atoms with Gasteiger partial charge in [0.1, 0.15) is 0 Å². The lowest BCUT2D eigenvalue weighted by atomic mass is 9.97. The van der Waals surface area contributed by atoms with E-state index in [1.165, 1.54) is 24.0 Å². The lowest BCUT2D eigenvalue weighted by molar-refractivity contribution is 0.0493. The molecule has 3 heterocycles. The Hall–Kier alpha value is -2.41. The van der Waals surface area contributed by atoms with Gasteiger partial charge in [-0.2, -0.15) is 0 Å². The molecule has 6 nitrogen and oxygen atoms in total. The average molecular weight is 449 g/mol. The number of hydrogen-bond acceptors (Lipinski definition) is 5. The molecule has 3 N–H and O–H groups in total. The Morgan fingerprint density at radius 3 is 2.76 bits per heavy atom. The number of hydrogen-bond donors (Lipinski definition) is 3. The van der Waals surface area contributed by atoms with Gasteiger partial charge in [-0.3, -0.25) is 9.69 Å². The molecule has 0 spiro atoms. The normalized spacial score (nSPS) is 22.3. The molecule has 0 aromatic heterocycles. The highest BCUT2D eigenvalue weighted by Gasteiger charge is 2.27. The summed E-state index contributed by atoms with van der Waals surface area (Å²) in [6, 6.07) is 15.2. The van der Waals surface area contributed by atoms with Gasteiger partial charge < -0.3 is 20.6 Å². The summed E-state index contributed by atoms with van der Waals surface area (Å²) in [5.41, 5.74) is 5.79. The average Bonchev–Trinajstić information content (AvgIpc) is 3.09. The number of carbonyl (C=O) groups excluding carboxylic acids is 1. The van der Waals surface area contributed by atoms with E-state index in [9.17, 15) is 9.90 Å². The van der Waals surface area contributed by atoms with Crippen LogP contribution in [0.25, 0.3) is 0 Å². The standard InChI is InChI=1S/C27H36N4O2/c32-25(18-30-14-10-20-4-1-2-5-22(20)17-30)19-31-15-11-21-16-24(7-8-26(21)27(31)33)29-23-6-3-12-28-13-9-23/h1-2,4-5,7-8,16,23,25,28-29,32H,3,6,9-15,17-19H2/t23?,25-/m1/s1. The first-order valence-corrected chi connectivity index (χ1v) is 12.5. The van der Waals surface area contributed by atoms with Crippen LogP contribution in [-0.2, 0) is 19.4 Å². The van der Waals surface area contributed by atoms with Gasteiger partial charge in [-0.05, 0) is 80.1 Å². The molecule has 1 fully saturated rings. The lowest BCUT2D eigenvalue weighted by Gasteiger charge is -2.34. The molecule has 0 aliphatic carbocycles. The zero-order chi connectivity index (χ0) is 22.6. The predicted molar refractivity (Wildman–Crippen MR) is 132 cm³/mol. The van der Waals surface area contributed by atoms with E-state index in [4.69, 9.17) is 0 Å². The van der Waals surface area contributed by atoms with Crippen molar-refractivity contribution < 1.29 is 9.90 Å². The van der Waals surface area contributed by atoms with Gasteiger partial charge in [0, 0.05) is 50.0 Å². The molecule has 0 radical (unpaired) electrons. The number of fused-ring (bicyclic) bond motifs is 2. The first kappa shape index (κ1) is 22.4. The number of amides is 1. The van der Waals surface area contributed by atoms with Crippen LogP contribution >= 0.6 is 0 Å². The van der Waals surface area contributed by atoms with Crippen LogP contribution in [0.5, 0.6) is 0 Å². The number of carbonyl (C=O) groups is 1. The van der Waals surface area contributed by atoms with Crippen molar-refractivity contribution in [3.05, 3.63) is 64.7 Å². The van der Waals surface area contributed by atoms with Crippen molar-refractivity contribution in [2.75, 3.05) is 44.6 Å². The molecule has 0 bridgehead atoms. The summed E-state index contributed by atoms with van der Waals surface area (Å²) in [4.78, 5) is 17.3. The van der Waals surface area contributed by atoms with E-state index < -0.39 is 6.10 Å². The number of rotatable bonds is 6. The molecule has 33 heavy (non-hydrogen) atoms. The highest BCUT2D eigenvalue weighted by atomic mass is 16.3. The summed E-state index contributed by atoms with van der Waals surface area (Å²) in [6.07, 6.45) is 4.83. The smallest absolute Gasteiger partial charge is 0.254 e. The fraction of sp³-hybridized carbons (Fsp3) is 0.519. The number of β-amino-alcohol motifs (C(OH)–C–C–N with tert-alkyl or cyclic N) is 1. The van der Waals surface area contributed by atoms with Gasteiger partial charge in [0.05, 0.1) is 6.10 Å². The molecule has 5 rings (SSSR count). The minimum atomic E-state index is -0.537. The Balaban J connectivity index is 1.16. The summed E-state index contributed by atoms with van der Waals surface area (Å²) in [7, 11) is 0. The topological polar surface area (TPSA) is 67.8 Å². The van der Waals surface area contributed by atoms with Gasteiger partial charge in [0.15, 0.2) is 0 Å². The molecular formula is C27H36N4O2. The largest absolute Gasteiger partial charge is 0.390 e. The first-order valence-electron chi connectivity index (χ1n) is 12.5. The van der Waals surface area contributed by atoms with Crippen LogP contribution in [0, 0.1) is 0 Å². The zero-order valence-electron chi connectivity index (χ0n) is 19.4. The third-order valence-electron chi connectivity index (χ3n) is 7.33. The SMILES string of the molecule is O=C1c2ccc(NC3CCCNCC3)cc2CCN1C[C@H](O)CN1CCc2ccccc2C1. The second-order valence-electron chi connectivity index (χ2n) is 9.80. The van der Waals surface area contributed by atoms with Crippen molar-refractivity contribution in [3.8, 4) is 0 Å². The zero-order valence-corrected chi connectivity index (χ0v) is 19.4. The fourth-order valence-corrected chi connectivity index (χ4v) is 5.52. The Bertz CT molecular complexity index is 970. The van der Waals surface area contributed by atoms with Gasteiger partial charge in [0.25, 0.3) is 5.91 Å². The van der Waals surface area contributed by atoms with Crippen molar-refractivity contribution in [1.29, 1.82) is 0 Å². The minimum absolute atomic E-state index is 0.0458.